The summed E-state index contributed by atoms with van der Waals surface area (Å²) >= 11 is 0. The fourth-order valence-corrected chi connectivity index (χ4v) is 4.81. The van der Waals surface area contributed by atoms with Crippen molar-refractivity contribution in [1.29, 1.82) is 0 Å². The number of rotatable bonds is 10. The van der Waals surface area contributed by atoms with Crippen LogP contribution in [0.5, 0.6) is 5.75 Å². The summed E-state index contributed by atoms with van der Waals surface area (Å²) in [5.74, 6) is -1.06. The summed E-state index contributed by atoms with van der Waals surface area (Å²) < 4.78 is 32.3. The van der Waals surface area contributed by atoms with E-state index in [1.165, 1.54) is 18.7 Å². The molecule has 0 radical (unpaired) electrons. The molecule has 39 heavy (non-hydrogen) atoms. The van der Waals surface area contributed by atoms with Crippen LogP contribution in [-0.2, 0) is 20.8 Å². The maximum Gasteiger partial charge on any atom is 0.258 e. The van der Waals surface area contributed by atoms with Crippen molar-refractivity contribution in [1.82, 2.24) is 15.2 Å². The number of carbonyl (C=O) groups excluding carboxylic acids is 3. The first-order chi connectivity index (χ1) is 18.5. The SMILES string of the molecule is CC(C)(N)C(=O)N[C@H](COc1ccccc1)C(=O)N1CCC2=NN(CC(F)F)C(=O)[C@]2(Cc2ccccc2)C1. The number of hydrazone groups is 1. The number of piperidine rings is 1. The van der Waals surface area contributed by atoms with Crippen LogP contribution in [0.4, 0.5) is 8.78 Å². The molecule has 2 aliphatic rings. The molecule has 4 rings (SSSR count). The van der Waals surface area contributed by atoms with Gasteiger partial charge in [-0.25, -0.2) is 13.8 Å². The number of nitrogens with two attached hydrogens (primary N) is 1. The first-order valence-electron chi connectivity index (χ1n) is 12.8. The second-order valence-electron chi connectivity index (χ2n) is 10.5. The van der Waals surface area contributed by atoms with E-state index in [-0.39, 0.29) is 32.5 Å². The van der Waals surface area contributed by atoms with Gasteiger partial charge in [0.1, 0.15) is 30.4 Å². The minimum Gasteiger partial charge on any atom is -0.491 e. The van der Waals surface area contributed by atoms with Crippen LogP contribution in [0.3, 0.4) is 0 Å². The fraction of sp³-hybridized carbons (Fsp3) is 0.429. The molecule has 2 aromatic rings. The van der Waals surface area contributed by atoms with E-state index < -0.39 is 47.7 Å². The molecule has 2 aliphatic heterocycles. The molecule has 11 heteroatoms. The van der Waals surface area contributed by atoms with Crippen molar-refractivity contribution >= 4 is 23.4 Å². The van der Waals surface area contributed by atoms with Crippen molar-refractivity contribution in [3.63, 3.8) is 0 Å². The monoisotopic (exact) mass is 541 g/mol. The second kappa shape index (κ2) is 11.5. The predicted octanol–water partition coefficient (Wildman–Crippen LogP) is 2.21. The van der Waals surface area contributed by atoms with Crippen molar-refractivity contribution in [2.24, 2.45) is 16.3 Å². The summed E-state index contributed by atoms with van der Waals surface area (Å²) in [6.45, 7) is 2.20. The molecule has 0 bridgehead atoms. The minimum absolute atomic E-state index is 0.0676. The van der Waals surface area contributed by atoms with E-state index in [0.717, 1.165) is 10.6 Å². The fourth-order valence-electron chi connectivity index (χ4n) is 4.81. The highest BCUT2D eigenvalue weighted by atomic mass is 19.3. The van der Waals surface area contributed by atoms with Gasteiger partial charge in [-0.05, 0) is 38.0 Å². The Bertz CT molecular complexity index is 1220. The van der Waals surface area contributed by atoms with Crippen LogP contribution in [0.25, 0.3) is 0 Å². The molecule has 208 valence electrons. The molecule has 0 aliphatic carbocycles. The number of halogens is 2. The van der Waals surface area contributed by atoms with Gasteiger partial charge in [0, 0.05) is 19.5 Å². The molecule has 0 aromatic heterocycles. The second-order valence-corrected chi connectivity index (χ2v) is 10.5. The van der Waals surface area contributed by atoms with Gasteiger partial charge in [0.15, 0.2) is 0 Å². The number of amides is 3. The Morgan fingerprint density at radius 2 is 1.77 bits per heavy atom. The summed E-state index contributed by atoms with van der Waals surface area (Å²) in [5, 5.41) is 7.78. The third kappa shape index (κ3) is 6.42. The number of likely N-dealkylation sites (tertiary alicyclic amines) is 1. The van der Waals surface area contributed by atoms with Crippen LogP contribution < -0.4 is 15.8 Å². The van der Waals surface area contributed by atoms with E-state index in [2.05, 4.69) is 10.4 Å². The maximum atomic E-state index is 13.8. The van der Waals surface area contributed by atoms with Gasteiger partial charge in [0.2, 0.25) is 11.8 Å². The summed E-state index contributed by atoms with van der Waals surface area (Å²) in [6, 6.07) is 16.9. The molecular weight excluding hydrogens is 508 g/mol. The largest absolute Gasteiger partial charge is 0.491 e. The number of hydrogen-bond donors (Lipinski definition) is 2. The van der Waals surface area contributed by atoms with E-state index >= 15 is 0 Å². The molecule has 3 N–H and O–H groups in total. The molecular formula is C28H33F2N5O4. The van der Waals surface area contributed by atoms with Crippen molar-refractivity contribution in [2.75, 3.05) is 26.2 Å². The third-order valence-electron chi connectivity index (χ3n) is 6.84. The molecule has 2 heterocycles. The van der Waals surface area contributed by atoms with E-state index in [1.807, 2.05) is 36.4 Å². The number of hydrogen-bond acceptors (Lipinski definition) is 6. The van der Waals surface area contributed by atoms with Gasteiger partial charge in [-0.15, -0.1) is 0 Å². The van der Waals surface area contributed by atoms with Gasteiger partial charge in [-0.3, -0.25) is 14.4 Å². The third-order valence-corrected chi connectivity index (χ3v) is 6.84. The Balaban J connectivity index is 1.61. The van der Waals surface area contributed by atoms with Gasteiger partial charge < -0.3 is 20.7 Å². The summed E-state index contributed by atoms with van der Waals surface area (Å²) in [5.41, 5.74) is 4.71. The summed E-state index contributed by atoms with van der Waals surface area (Å²) in [6.07, 6.45) is -2.33. The Morgan fingerprint density at radius 3 is 2.38 bits per heavy atom. The van der Waals surface area contributed by atoms with E-state index in [0.29, 0.717) is 11.5 Å². The Labute approximate surface area is 226 Å². The minimum atomic E-state index is -2.75. The number of benzene rings is 2. The van der Waals surface area contributed by atoms with E-state index in [1.54, 1.807) is 24.3 Å². The Kier molecular flexibility index (Phi) is 8.29. The molecule has 0 spiro atoms. The highest BCUT2D eigenvalue weighted by Gasteiger charge is 2.55. The summed E-state index contributed by atoms with van der Waals surface area (Å²) in [7, 11) is 0. The van der Waals surface area contributed by atoms with Crippen molar-refractivity contribution in [2.45, 2.75) is 44.7 Å². The zero-order valence-electron chi connectivity index (χ0n) is 22.0. The highest BCUT2D eigenvalue weighted by Crippen LogP contribution is 2.39. The standard InChI is InChI=1S/C28H33F2N5O4/c1-27(2,31)25(37)32-21(17-39-20-11-7-4-8-12-20)24(36)34-14-13-22-28(18-34,15-19-9-5-3-6-10-19)26(38)35(33-22)16-23(29)30/h3-12,21,23H,13-18,31H2,1-2H3,(H,32,37)/t21-,28-/m1/s1. The van der Waals surface area contributed by atoms with Crippen LogP contribution >= 0.6 is 0 Å². The molecule has 3 amide bonds. The van der Waals surface area contributed by atoms with Gasteiger partial charge in [-0.1, -0.05) is 48.5 Å². The number of carbonyl (C=O) groups is 3. The maximum absolute atomic E-state index is 13.8. The normalized spacial score (nSPS) is 19.9. The molecule has 1 fully saturated rings. The molecule has 2 atom stereocenters. The van der Waals surface area contributed by atoms with Crippen LogP contribution in [0, 0.1) is 5.41 Å². The van der Waals surface area contributed by atoms with Crippen LogP contribution in [0.1, 0.15) is 25.8 Å². The highest BCUT2D eigenvalue weighted by molar-refractivity contribution is 6.14. The zero-order valence-corrected chi connectivity index (χ0v) is 22.0. The number of para-hydroxylation sites is 1. The van der Waals surface area contributed by atoms with E-state index in [4.69, 9.17) is 10.5 Å². The van der Waals surface area contributed by atoms with Crippen LogP contribution in [0.2, 0.25) is 0 Å². The molecule has 2 aromatic carbocycles. The Morgan fingerprint density at radius 1 is 1.13 bits per heavy atom. The van der Waals surface area contributed by atoms with Gasteiger partial charge in [0.05, 0.1) is 11.3 Å². The smallest absolute Gasteiger partial charge is 0.258 e. The van der Waals surface area contributed by atoms with Crippen molar-refractivity contribution < 1.29 is 27.9 Å². The Hall–Kier alpha value is -3.86. The predicted molar refractivity (Wildman–Crippen MR) is 141 cm³/mol. The van der Waals surface area contributed by atoms with Crippen molar-refractivity contribution in [3.8, 4) is 5.75 Å². The number of fused-ring (bicyclic) bond motifs is 1. The van der Waals surface area contributed by atoms with Gasteiger partial charge in [-0.2, -0.15) is 5.10 Å². The lowest BCUT2D eigenvalue weighted by molar-refractivity contribution is -0.144. The summed E-state index contributed by atoms with van der Waals surface area (Å²) in [4.78, 5) is 41.7. The topological polar surface area (TPSA) is 117 Å². The zero-order chi connectivity index (χ0) is 28.2. The number of alkyl halides is 2. The van der Waals surface area contributed by atoms with Crippen molar-refractivity contribution in [3.05, 3.63) is 66.2 Å². The lowest BCUT2D eigenvalue weighted by atomic mass is 9.73. The first kappa shape index (κ1) is 28.2. The molecule has 1 saturated heterocycles. The first-order valence-corrected chi connectivity index (χ1v) is 12.8. The number of nitrogens with zero attached hydrogens (tertiary/aromatic N) is 3. The van der Waals surface area contributed by atoms with Crippen LogP contribution in [0.15, 0.2) is 65.8 Å². The quantitative estimate of drug-likeness (QED) is 0.478. The average Bonchev–Trinajstić information content (AvgIpc) is 3.16. The van der Waals surface area contributed by atoms with Crippen LogP contribution in [-0.4, -0.2) is 77.6 Å². The molecule has 0 unspecified atom stereocenters. The lowest BCUT2D eigenvalue weighted by Gasteiger charge is -2.41. The molecule has 9 nitrogen and oxygen atoms in total. The molecule has 0 saturated carbocycles. The average molecular weight is 542 g/mol. The number of nitrogens with one attached hydrogen (secondary N) is 1. The lowest BCUT2D eigenvalue weighted by Crippen LogP contribution is -2.62. The van der Waals surface area contributed by atoms with Gasteiger partial charge >= 0.3 is 0 Å². The number of ether oxygens (including phenoxy) is 1. The van der Waals surface area contributed by atoms with E-state index in [9.17, 15) is 23.2 Å². The van der Waals surface area contributed by atoms with Gasteiger partial charge in [0.25, 0.3) is 12.3 Å².